The monoisotopic (exact) mass is 393 g/mol. The van der Waals surface area contributed by atoms with Crippen LogP contribution in [0.4, 0.5) is 0 Å². The van der Waals surface area contributed by atoms with Gasteiger partial charge in [0, 0.05) is 12.6 Å². The molecule has 1 aliphatic heterocycles. The van der Waals surface area contributed by atoms with Gasteiger partial charge in [0.2, 0.25) is 10.0 Å². The van der Waals surface area contributed by atoms with Gasteiger partial charge in [-0.15, -0.1) is 0 Å². The second-order valence-electron chi connectivity index (χ2n) is 6.78. The number of sulfonamides is 1. The van der Waals surface area contributed by atoms with Crippen molar-refractivity contribution in [2.45, 2.75) is 42.5 Å². The van der Waals surface area contributed by atoms with Crippen molar-refractivity contribution in [3.63, 3.8) is 0 Å². The van der Waals surface area contributed by atoms with E-state index in [1.54, 1.807) is 49.4 Å². The fourth-order valence-corrected chi connectivity index (χ4v) is 7.10. The molecule has 26 heavy (non-hydrogen) atoms. The van der Waals surface area contributed by atoms with E-state index in [1.165, 1.54) is 4.31 Å². The second-order valence-corrected chi connectivity index (χ2v) is 10.7. The minimum absolute atomic E-state index is 0.193. The molecule has 1 aliphatic rings. The molecule has 1 heterocycles. The molecule has 0 aromatic heterocycles. The zero-order valence-electron chi connectivity index (χ0n) is 14.9. The van der Waals surface area contributed by atoms with E-state index < -0.39 is 25.9 Å². The maximum absolute atomic E-state index is 13.1. The summed E-state index contributed by atoms with van der Waals surface area (Å²) in [7, 11) is -7.26. The van der Waals surface area contributed by atoms with Crippen molar-refractivity contribution < 1.29 is 16.8 Å². The molecule has 1 fully saturated rings. The molecule has 7 heteroatoms. The third-order valence-corrected chi connectivity index (χ3v) is 8.68. The van der Waals surface area contributed by atoms with E-state index in [9.17, 15) is 16.8 Å². The molecule has 0 radical (unpaired) electrons. The molecule has 2 aromatic carbocycles. The van der Waals surface area contributed by atoms with Gasteiger partial charge >= 0.3 is 0 Å². The average molecular weight is 394 g/mol. The van der Waals surface area contributed by atoms with Crippen LogP contribution >= 0.6 is 0 Å². The second kappa shape index (κ2) is 7.13. The molecular formula is C19H23NO4S2. The number of hydrogen-bond acceptors (Lipinski definition) is 4. The number of nitrogens with zero attached hydrogens (tertiary/aromatic N) is 1. The van der Waals surface area contributed by atoms with Gasteiger partial charge in [-0.3, -0.25) is 0 Å². The number of benzene rings is 2. The van der Waals surface area contributed by atoms with E-state index in [0.29, 0.717) is 24.9 Å². The summed E-state index contributed by atoms with van der Waals surface area (Å²) in [5, 5.41) is 0. The molecule has 3 rings (SSSR count). The van der Waals surface area contributed by atoms with Crippen LogP contribution in [0.3, 0.4) is 0 Å². The first kappa shape index (κ1) is 19.1. The van der Waals surface area contributed by atoms with Gasteiger partial charge in [-0.1, -0.05) is 35.9 Å². The van der Waals surface area contributed by atoms with Crippen molar-refractivity contribution in [2.24, 2.45) is 0 Å². The topological polar surface area (TPSA) is 71.5 Å². The van der Waals surface area contributed by atoms with Crippen molar-refractivity contribution in [2.75, 3.05) is 12.3 Å². The summed E-state index contributed by atoms with van der Waals surface area (Å²) in [5.41, 5.74) is 1.67. The molecule has 140 valence electrons. The highest BCUT2D eigenvalue weighted by atomic mass is 32.2. The highest BCUT2D eigenvalue weighted by Gasteiger charge is 2.38. The Morgan fingerprint density at radius 1 is 1.00 bits per heavy atom. The molecule has 0 saturated carbocycles. The minimum Gasteiger partial charge on any atom is -0.224 e. The predicted octanol–water partition coefficient (Wildman–Crippen LogP) is 2.93. The van der Waals surface area contributed by atoms with Crippen LogP contribution in [0.5, 0.6) is 0 Å². The summed E-state index contributed by atoms with van der Waals surface area (Å²) in [6.45, 7) is 4.03. The SMILES string of the molecule is Cc1ccc(S(=O)(=O)N2CCCC2CS(=O)(=O)c2ccccc2)c(C)c1. The molecule has 2 aromatic rings. The molecule has 0 amide bonds. The van der Waals surface area contributed by atoms with E-state index in [4.69, 9.17) is 0 Å². The van der Waals surface area contributed by atoms with Crippen LogP contribution in [0.25, 0.3) is 0 Å². The van der Waals surface area contributed by atoms with Gasteiger partial charge in [-0.25, -0.2) is 16.8 Å². The lowest BCUT2D eigenvalue weighted by Gasteiger charge is -2.25. The van der Waals surface area contributed by atoms with E-state index in [0.717, 1.165) is 5.56 Å². The molecule has 1 saturated heterocycles. The van der Waals surface area contributed by atoms with Crippen molar-refractivity contribution in [3.05, 3.63) is 59.7 Å². The fraction of sp³-hybridized carbons (Fsp3) is 0.368. The molecule has 5 nitrogen and oxygen atoms in total. The van der Waals surface area contributed by atoms with Crippen LogP contribution in [0, 0.1) is 13.8 Å². The third-order valence-electron chi connectivity index (χ3n) is 4.75. The van der Waals surface area contributed by atoms with E-state index >= 15 is 0 Å². The Morgan fingerprint density at radius 2 is 1.69 bits per heavy atom. The van der Waals surface area contributed by atoms with Crippen LogP contribution in [0.1, 0.15) is 24.0 Å². The van der Waals surface area contributed by atoms with Crippen molar-refractivity contribution in [1.29, 1.82) is 0 Å². The Morgan fingerprint density at radius 3 is 2.35 bits per heavy atom. The number of rotatable bonds is 5. The van der Waals surface area contributed by atoms with Gasteiger partial charge in [0.25, 0.3) is 0 Å². The average Bonchev–Trinajstić information content (AvgIpc) is 3.03. The van der Waals surface area contributed by atoms with Crippen LogP contribution in [0.15, 0.2) is 58.3 Å². The summed E-state index contributed by atoms with van der Waals surface area (Å²) in [4.78, 5) is 0.489. The largest absolute Gasteiger partial charge is 0.243 e. The Labute approximate surface area is 155 Å². The molecular weight excluding hydrogens is 370 g/mol. The Balaban J connectivity index is 1.91. The van der Waals surface area contributed by atoms with E-state index in [2.05, 4.69) is 0 Å². The molecule has 0 bridgehead atoms. The van der Waals surface area contributed by atoms with Gasteiger partial charge < -0.3 is 0 Å². The highest BCUT2D eigenvalue weighted by Crippen LogP contribution is 2.30. The minimum atomic E-state index is -3.72. The van der Waals surface area contributed by atoms with Gasteiger partial charge in [-0.05, 0) is 50.5 Å². The zero-order valence-corrected chi connectivity index (χ0v) is 16.6. The fourth-order valence-electron chi connectivity index (χ4n) is 3.48. The first-order valence-electron chi connectivity index (χ1n) is 8.59. The number of aryl methyl sites for hydroxylation is 2. The van der Waals surface area contributed by atoms with Gasteiger partial charge in [0.05, 0.1) is 15.5 Å². The summed E-state index contributed by atoms with van der Waals surface area (Å²) < 4.78 is 53.0. The molecule has 0 N–H and O–H groups in total. The smallest absolute Gasteiger partial charge is 0.224 e. The lowest BCUT2D eigenvalue weighted by molar-refractivity contribution is 0.407. The molecule has 1 unspecified atom stereocenters. The maximum atomic E-state index is 13.1. The van der Waals surface area contributed by atoms with E-state index in [1.807, 2.05) is 13.0 Å². The first-order chi connectivity index (χ1) is 12.2. The highest BCUT2D eigenvalue weighted by molar-refractivity contribution is 7.91. The summed E-state index contributed by atoms with van der Waals surface area (Å²) in [5.74, 6) is -0.193. The Bertz CT molecular complexity index is 999. The zero-order chi connectivity index (χ0) is 18.9. The Hall–Kier alpha value is -1.70. The Kier molecular flexibility index (Phi) is 5.23. The lowest BCUT2D eigenvalue weighted by Crippen LogP contribution is -2.39. The van der Waals surface area contributed by atoms with Crippen molar-refractivity contribution in [3.8, 4) is 0 Å². The summed E-state index contributed by atoms with van der Waals surface area (Å²) in [6.07, 6.45) is 1.22. The normalized spacial score (nSPS) is 18.9. The van der Waals surface area contributed by atoms with Crippen molar-refractivity contribution in [1.82, 2.24) is 4.31 Å². The lowest BCUT2D eigenvalue weighted by atomic mass is 10.2. The van der Waals surface area contributed by atoms with Gasteiger partial charge in [-0.2, -0.15) is 4.31 Å². The standard InChI is InChI=1S/C19H23NO4S2/c1-15-10-11-19(16(2)13-15)26(23,24)20-12-6-7-17(20)14-25(21,22)18-8-4-3-5-9-18/h3-5,8-11,13,17H,6-7,12,14H2,1-2H3. The van der Waals surface area contributed by atoms with Crippen LogP contribution in [-0.4, -0.2) is 39.5 Å². The van der Waals surface area contributed by atoms with Gasteiger partial charge in [0.1, 0.15) is 0 Å². The van der Waals surface area contributed by atoms with Crippen LogP contribution < -0.4 is 0 Å². The number of sulfone groups is 1. The first-order valence-corrected chi connectivity index (χ1v) is 11.7. The van der Waals surface area contributed by atoms with Gasteiger partial charge in [0.15, 0.2) is 9.84 Å². The molecule has 0 aliphatic carbocycles. The van der Waals surface area contributed by atoms with Crippen LogP contribution in [-0.2, 0) is 19.9 Å². The summed E-state index contributed by atoms with van der Waals surface area (Å²) >= 11 is 0. The summed E-state index contributed by atoms with van der Waals surface area (Å²) in [6, 6.07) is 12.9. The molecule has 0 spiro atoms. The maximum Gasteiger partial charge on any atom is 0.243 e. The van der Waals surface area contributed by atoms with E-state index in [-0.39, 0.29) is 15.5 Å². The number of hydrogen-bond donors (Lipinski definition) is 0. The third kappa shape index (κ3) is 3.70. The van der Waals surface area contributed by atoms with Crippen LogP contribution in [0.2, 0.25) is 0 Å². The predicted molar refractivity (Wildman–Crippen MR) is 101 cm³/mol. The quantitative estimate of drug-likeness (QED) is 0.783. The molecule has 1 atom stereocenters. The van der Waals surface area contributed by atoms with Crippen molar-refractivity contribution >= 4 is 19.9 Å².